The van der Waals surface area contributed by atoms with E-state index in [9.17, 15) is 0 Å². The molecule has 0 aliphatic heterocycles. The van der Waals surface area contributed by atoms with Gasteiger partial charge in [0.1, 0.15) is 18.0 Å². The number of aryl methyl sites for hydroxylation is 1. The number of nitrogens with zero attached hydrogens (tertiary/aromatic N) is 5. The van der Waals surface area contributed by atoms with E-state index in [-0.39, 0.29) is 0 Å². The van der Waals surface area contributed by atoms with Gasteiger partial charge in [-0.2, -0.15) is 0 Å². The maximum absolute atomic E-state index is 4.51. The van der Waals surface area contributed by atoms with E-state index in [2.05, 4.69) is 43.7 Å². The lowest BCUT2D eigenvalue weighted by atomic mass is 10.2. The monoisotopic (exact) mass is 316 g/mol. The third-order valence-corrected chi connectivity index (χ3v) is 4.11. The molecule has 0 saturated carbocycles. The molecule has 4 rings (SSSR count). The molecule has 0 amide bonds. The highest BCUT2D eigenvalue weighted by Gasteiger charge is 2.17. The fourth-order valence-corrected chi connectivity index (χ4v) is 2.85. The fraction of sp³-hybridized carbons (Fsp3) is 0.111. The number of pyridine rings is 2. The molecule has 0 saturated heterocycles. The molecule has 1 N–H and O–H groups in total. The Morgan fingerprint density at radius 1 is 0.958 bits per heavy atom. The van der Waals surface area contributed by atoms with Crippen molar-refractivity contribution in [3.63, 3.8) is 0 Å². The number of nitrogens with one attached hydrogen (secondary N) is 1. The topological polar surface area (TPSA) is 68.5 Å². The van der Waals surface area contributed by atoms with Crippen molar-refractivity contribution in [3.8, 4) is 5.69 Å². The zero-order chi connectivity index (χ0) is 16.5. The van der Waals surface area contributed by atoms with Gasteiger partial charge in [-0.25, -0.2) is 15.0 Å². The molecule has 0 aromatic carbocycles. The van der Waals surface area contributed by atoms with Crippen LogP contribution in [0.15, 0.2) is 55.2 Å². The minimum atomic E-state index is 0.752. The first kappa shape index (κ1) is 14.3. The molecule has 6 heteroatoms. The molecule has 0 bridgehead atoms. The predicted molar refractivity (Wildman–Crippen MR) is 93.7 cm³/mol. The van der Waals surface area contributed by atoms with Crippen LogP contribution in [0.2, 0.25) is 0 Å². The van der Waals surface area contributed by atoms with E-state index < -0.39 is 0 Å². The lowest BCUT2D eigenvalue weighted by Crippen LogP contribution is -2.00. The SMILES string of the molecule is Cc1c(C)n(-c2cccnc2)c2ncnc(Nc3ccccn3)c12. The molecule has 0 radical (unpaired) electrons. The summed E-state index contributed by atoms with van der Waals surface area (Å²) in [4.78, 5) is 17.5. The molecule has 4 aromatic heterocycles. The summed E-state index contributed by atoms with van der Waals surface area (Å²) in [6.07, 6.45) is 6.92. The number of hydrogen-bond donors (Lipinski definition) is 1. The normalized spacial score (nSPS) is 10.9. The van der Waals surface area contributed by atoms with E-state index in [1.165, 1.54) is 0 Å². The van der Waals surface area contributed by atoms with Crippen molar-refractivity contribution in [2.75, 3.05) is 5.32 Å². The smallest absolute Gasteiger partial charge is 0.150 e. The standard InChI is InChI=1S/C18H16N6/c1-12-13(2)24(14-6-5-8-19-10-14)18-16(12)17(21-11-22-18)23-15-7-3-4-9-20-15/h3-11H,1-2H3,(H,20,21,22,23). The average molecular weight is 316 g/mol. The Hall–Kier alpha value is -3.28. The molecular formula is C18H16N6. The summed E-state index contributed by atoms with van der Waals surface area (Å²) in [5, 5.41) is 4.28. The number of rotatable bonds is 3. The molecule has 0 atom stereocenters. The van der Waals surface area contributed by atoms with Gasteiger partial charge in [-0.3, -0.25) is 9.55 Å². The van der Waals surface area contributed by atoms with Crippen LogP contribution in [0, 0.1) is 13.8 Å². The van der Waals surface area contributed by atoms with Gasteiger partial charge >= 0.3 is 0 Å². The first-order chi connectivity index (χ1) is 11.8. The Morgan fingerprint density at radius 3 is 2.62 bits per heavy atom. The van der Waals surface area contributed by atoms with Crippen LogP contribution >= 0.6 is 0 Å². The van der Waals surface area contributed by atoms with Gasteiger partial charge in [0.25, 0.3) is 0 Å². The van der Waals surface area contributed by atoms with Crippen molar-refractivity contribution in [1.82, 2.24) is 24.5 Å². The van der Waals surface area contributed by atoms with Gasteiger partial charge in [0.05, 0.1) is 17.3 Å². The highest BCUT2D eigenvalue weighted by atomic mass is 15.1. The van der Waals surface area contributed by atoms with Gasteiger partial charge < -0.3 is 5.32 Å². The Kier molecular flexibility index (Phi) is 3.42. The van der Waals surface area contributed by atoms with Crippen LogP contribution < -0.4 is 5.32 Å². The zero-order valence-corrected chi connectivity index (χ0v) is 13.4. The van der Waals surface area contributed by atoms with Gasteiger partial charge in [-0.1, -0.05) is 6.07 Å². The summed E-state index contributed by atoms with van der Waals surface area (Å²) < 4.78 is 2.10. The Morgan fingerprint density at radius 2 is 1.88 bits per heavy atom. The molecular weight excluding hydrogens is 300 g/mol. The van der Waals surface area contributed by atoms with Crippen LogP contribution in [-0.4, -0.2) is 24.5 Å². The maximum atomic E-state index is 4.51. The van der Waals surface area contributed by atoms with Gasteiger partial charge in [0, 0.05) is 18.1 Å². The number of anilines is 2. The van der Waals surface area contributed by atoms with Crippen LogP contribution in [0.25, 0.3) is 16.7 Å². The third-order valence-electron chi connectivity index (χ3n) is 4.11. The van der Waals surface area contributed by atoms with Gasteiger partial charge in [-0.05, 0) is 43.7 Å². The molecule has 0 fully saturated rings. The van der Waals surface area contributed by atoms with E-state index in [1.807, 2.05) is 36.5 Å². The summed E-state index contributed by atoms with van der Waals surface area (Å²) in [6.45, 7) is 4.16. The zero-order valence-electron chi connectivity index (χ0n) is 13.4. The second-order valence-electron chi connectivity index (χ2n) is 5.52. The van der Waals surface area contributed by atoms with E-state index in [4.69, 9.17) is 0 Å². The van der Waals surface area contributed by atoms with Crippen LogP contribution in [0.1, 0.15) is 11.3 Å². The van der Waals surface area contributed by atoms with Gasteiger partial charge in [-0.15, -0.1) is 0 Å². The summed E-state index contributed by atoms with van der Waals surface area (Å²) in [7, 11) is 0. The van der Waals surface area contributed by atoms with Gasteiger partial charge in [0.15, 0.2) is 5.65 Å². The molecule has 4 heterocycles. The van der Waals surface area contributed by atoms with Crippen molar-refractivity contribution in [3.05, 3.63) is 66.5 Å². The largest absolute Gasteiger partial charge is 0.324 e. The van der Waals surface area contributed by atoms with E-state index in [0.29, 0.717) is 0 Å². The van der Waals surface area contributed by atoms with Crippen molar-refractivity contribution in [2.45, 2.75) is 13.8 Å². The van der Waals surface area contributed by atoms with Crippen molar-refractivity contribution in [1.29, 1.82) is 0 Å². The maximum Gasteiger partial charge on any atom is 0.150 e. The molecule has 6 nitrogen and oxygen atoms in total. The van der Waals surface area contributed by atoms with Crippen molar-refractivity contribution in [2.24, 2.45) is 0 Å². The van der Waals surface area contributed by atoms with Crippen LogP contribution in [-0.2, 0) is 0 Å². The molecule has 0 spiro atoms. The highest BCUT2D eigenvalue weighted by molar-refractivity contribution is 5.94. The number of fused-ring (bicyclic) bond motifs is 1. The summed E-state index contributed by atoms with van der Waals surface area (Å²) in [5.41, 5.74) is 4.08. The summed E-state index contributed by atoms with van der Waals surface area (Å²) in [5.74, 6) is 1.51. The average Bonchev–Trinajstić information content (AvgIpc) is 2.88. The molecule has 0 aliphatic carbocycles. The van der Waals surface area contributed by atoms with Crippen molar-refractivity contribution < 1.29 is 0 Å². The summed E-state index contributed by atoms with van der Waals surface area (Å²) >= 11 is 0. The van der Waals surface area contributed by atoms with E-state index >= 15 is 0 Å². The van der Waals surface area contributed by atoms with E-state index in [0.717, 1.165) is 39.6 Å². The fourth-order valence-electron chi connectivity index (χ4n) is 2.85. The van der Waals surface area contributed by atoms with Crippen molar-refractivity contribution >= 4 is 22.7 Å². The molecule has 24 heavy (non-hydrogen) atoms. The van der Waals surface area contributed by atoms with Crippen LogP contribution in [0.5, 0.6) is 0 Å². The second kappa shape index (κ2) is 5.73. The number of aromatic nitrogens is 5. The Balaban J connectivity index is 1.93. The molecule has 4 aromatic rings. The lowest BCUT2D eigenvalue weighted by Gasteiger charge is -2.08. The highest BCUT2D eigenvalue weighted by Crippen LogP contribution is 2.31. The molecule has 118 valence electrons. The minimum absolute atomic E-state index is 0.752. The Labute approximate surface area is 139 Å². The van der Waals surface area contributed by atoms with Gasteiger partial charge in [0.2, 0.25) is 0 Å². The predicted octanol–water partition coefficient (Wildman–Crippen LogP) is 3.57. The van der Waals surface area contributed by atoms with E-state index in [1.54, 1.807) is 18.7 Å². The molecule has 0 unspecified atom stereocenters. The second-order valence-corrected chi connectivity index (χ2v) is 5.52. The quantitative estimate of drug-likeness (QED) is 0.626. The Bertz CT molecular complexity index is 992. The minimum Gasteiger partial charge on any atom is -0.324 e. The lowest BCUT2D eigenvalue weighted by molar-refractivity contribution is 1.00. The summed E-state index contributed by atoms with van der Waals surface area (Å²) in [6, 6.07) is 9.67. The number of hydrogen-bond acceptors (Lipinski definition) is 5. The van der Waals surface area contributed by atoms with Crippen LogP contribution in [0.4, 0.5) is 11.6 Å². The molecule has 0 aliphatic rings. The first-order valence-electron chi connectivity index (χ1n) is 7.67. The van der Waals surface area contributed by atoms with Crippen LogP contribution in [0.3, 0.4) is 0 Å². The third kappa shape index (κ3) is 2.28. The first-order valence-corrected chi connectivity index (χ1v) is 7.67.